The van der Waals surface area contributed by atoms with Crippen LogP contribution in [0.4, 0.5) is 5.69 Å². The molecule has 22 heavy (non-hydrogen) atoms. The van der Waals surface area contributed by atoms with Gasteiger partial charge in [0.15, 0.2) is 11.5 Å². The molecule has 0 aromatic heterocycles. The molecule has 0 atom stereocenters. The van der Waals surface area contributed by atoms with Gasteiger partial charge in [-0.25, -0.2) is 4.79 Å². The Labute approximate surface area is 126 Å². The van der Waals surface area contributed by atoms with Gasteiger partial charge in [-0.3, -0.25) is 10.1 Å². The Morgan fingerprint density at radius 1 is 1.36 bits per heavy atom. The molecule has 0 saturated carbocycles. The molecule has 8 nitrogen and oxygen atoms in total. The second-order valence-electron chi connectivity index (χ2n) is 3.91. The van der Waals surface area contributed by atoms with Crippen molar-refractivity contribution in [1.29, 1.82) is 5.26 Å². The van der Waals surface area contributed by atoms with E-state index in [9.17, 15) is 14.9 Å². The van der Waals surface area contributed by atoms with Gasteiger partial charge in [0, 0.05) is 0 Å². The van der Waals surface area contributed by atoms with Crippen LogP contribution in [0.25, 0.3) is 6.08 Å². The fourth-order valence-corrected chi connectivity index (χ4v) is 1.66. The van der Waals surface area contributed by atoms with Gasteiger partial charge in [-0.15, -0.1) is 0 Å². The molecule has 0 amide bonds. The van der Waals surface area contributed by atoms with Crippen LogP contribution in [0.5, 0.6) is 11.5 Å². The summed E-state index contributed by atoms with van der Waals surface area (Å²) in [5.41, 5.74) is -0.640. The van der Waals surface area contributed by atoms with Crippen molar-refractivity contribution in [1.82, 2.24) is 0 Å². The van der Waals surface area contributed by atoms with E-state index in [4.69, 9.17) is 19.5 Å². The maximum atomic E-state index is 11.6. The number of esters is 1. The summed E-state index contributed by atoms with van der Waals surface area (Å²) in [6, 6.07) is 4.13. The third-order valence-corrected chi connectivity index (χ3v) is 2.65. The second-order valence-corrected chi connectivity index (χ2v) is 3.91. The lowest BCUT2D eigenvalue weighted by Gasteiger charge is -2.09. The van der Waals surface area contributed by atoms with Crippen LogP contribution in [0.3, 0.4) is 0 Å². The number of methoxy groups -OCH3 is 2. The molecule has 0 N–H and O–H groups in total. The van der Waals surface area contributed by atoms with Gasteiger partial charge in [0.1, 0.15) is 11.6 Å². The quantitative estimate of drug-likeness (QED) is 0.260. The van der Waals surface area contributed by atoms with E-state index in [2.05, 4.69) is 0 Å². The summed E-state index contributed by atoms with van der Waals surface area (Å²) in [6.45, 7) is 1.68. The average molecular weight is 306 g/mol. The van der Waals surface area contributed by atoms with Crippen molar-refractivity contribution in [3.05, 3.63) is 33.4 Å². The van der Waals surface area contributed by atoms with Crippen LogP contribution in [0.2, 0.25) is 0 Å². The van der Waals surface area contributed by atoms with Gasteiger partial charge in [-0.1, -0.05) is 0 Å². The number of nitriles is 1. The lowest BCUT2D eigenvalue weighted by Crippen LogP contribution is -2.06. The van der Waals surface area contributed by atoms with Crippen LogP contribution in [0, 0.1) is 21.4 Å². The minimum Gasteiger partial charge on any atom is -0.493 e. The number of ether oxygens (including phenoxy) is 3. The van der Waals surface area contributed by atoms with Crippen LogP contribution < -0.4 is 9.47 Å². The second kappa shape index (κ2) is 7.64. The topological polar surface area (TPSA) is 112 Å². The molecule has 0 aliphatic heterocycles. The minimum atomic E-state index is -0.853. The third-order valence-electron chi connectivity index (χ3n) is 2.65. The van der Waals surface area contributed by atoms with Gasteiger partial charge in [0.05, 0.1) is 37.4 Å². The zero-order valence-electron chi connectivity index (χ0n) is 12.3. The normalized spacial score (nSPS) is 10.5. The molecular weight excluding hydrogens is 292 g/mol. The van der Waals surface area contributed by atoms with Crippen LogP contribution >= 0.6 is 0 Å². The SMILES string of the molecule is CCOC(=O)/C(C#N)=C\c1cc(OC)c(OC)cc1[N+](=O)[O-]. The number of carbonyl (C=O) groups excluding carboxylic acids is 1. The Balaban J connectivity index is 3.47. The van der Waals surface area contributed by atoms with Gasteiger partial charge >= 0.3 is 5.97 Å². The molecule has 1 aromatic rings. The van der Waals surface area contributed by atoms with Crippen LogP contribution in [0.15, 0.2) is 17.7 Å². The van der Waals surface area contributed by atoms with Crippen molar-refractivity contribution < 1.29 is 23.9 Å². The third kappa shape index (κ3) is 3.73. The highest BCUT2D eigenvalue weighted by Crippen LogP contribution is 2.35. The molecular formula is C14H14N2O6. The Morgan fingerprint density at radius 2 is 1.95 bits per heavy atom. The molecule has 8 heteroatoms. The summed E-state index contributed by atoms with van der Waals surface area (Å²) >= 11 is 0. The van der Waals surface area contributed by atoms with Crippen LogP contribution in [-0.4, -0.2) is 31.7 Å². The molecule has 1 rings (SSSR count). The zero-order chi connectivity index (χ0) is 16.7. The monoisotopic (exact) mass is 306 g/mol. The van der Waals surface area contributed by atoms with Gasteiger partial charge in [0.25, 0.3) is 5.69 Å². The molecule has 0 radical (unpaired) electrons. The summed E-state index contributed by atoms with van der Waals surface area (Å²) in [4.78, 5) is 22.1. The van der Waals surface area contributed by atoms with Crippen molar-refractivity contribution in [2.75, 3.05) is 20.8 Å². The highest BCUT2D eigenvalue weighted by Gasteiger charge is 2.20. The summed E-state index contributed by atoms with van der Waals surface area (Å²) in [5.74, 6) is -0.449. The predicted octanol–water partition coefficient (Wildman–Crippen LogP) is 2.08. The van der Waals surface area contributed by atoms with E-state index in [0.717, 1.165) is 12.1 Å². The number of nitro groups is 1. The molecule has 0 heterocycles. The molecule has 0 saturated heterocycles. The molecule has 1 aromatic carbocycles. The Hall–Kier alpha value is -3.08. The van der Waals surface area contributed by atoms with Crippen molar-refractivity contribution in [3.63, 3.8) is 0 Å². The summed E-state index contributed by atoms with van der Waals surface area (Å²) in [7, 11) is 2.71. The molecule has 116 valence electrons. The lowest BCUT2D eigenvalue weighted by molar-refractivity contribution is -0.385. The van der Waals surface area contributed by atoms with E-state index in [1.807, 2.05) is 0 Å². The van der Waals surface area contributed by atoms with E-state index >= 15 is 0 Å². The zero-order valence-corrected chi connectivity index (χ0v) is 12.3. The number of carbonyl (C=O) groups is 1. The summed E-state index contributed by atoms with van der Waals surface area (Å²) in [5, 5.41) is 20.1. The highest BCUT2D eigenvalue weighted by atomic mass is 16.6. The van der Waals surface area contributed by atoms with E-state index in [1.54, 1.807) is 13.0 Å². The van der Waals surface area contributed by atoms with Crippen molar-refractivity contribution in [2.24, 2.45) is 0 Å². The maximum Gasteiger partial charge on any atom is 0.348 e. The van der Waals surface area contributed by atoms with Crippen LogP contribution in [0.1, 0.15) is 12.5 Å². The van der Waals surface area contributed by atoms with Gasteiger partial charge < -0.3 is 14.2 Å². The van der Waals surface area contributed by atoms with E-state index in [-0.39, 0.29) is 34.9 Å². The highest BCUT2D eigenvalue weighted by molar-refractivity contribution is 5.98. The lowest BCUT2D eigenvalue weighted by atomic mass is 10.1. The van der Waals surface area contributed by atoms with Crippen molar-refractivity contribution >= 4 is 17.7 Å². The molecule has 0 unspecified atom stereocenters. The largest absolute Gasteiger partial charge is 0.493 e. The first-order valence-corrected chi connectivity index (χ1v) is 6.17. The first kappa shape index (κ1) is 17.0. The average Bonchev–Trinajstić information content (AvgIpc) is 2.51. The maximum absolute atomic E-state index is 11.6. The Kier molecular flexibility index (Phi) is 5.89. The molecule has 0 fully saturated rings. The summed E-state index contributed by atoms with van der Waals surface area (Å²) in [6.07, 6.45) is 1.08. The van der Waals surface area contributed by atoms with Crippen molar-refractivity contribution in [2.45, 2.75) is 6.92 Å². The molecule has 0 spiro atoms. The van der Waals surface area contributed by atoms with Crippen molar-refractivity contribution in [3.8, 4) is 17.6 Å². The summed E-state index contributed by atoms with van der Waals surface area (Å²) < 4.78 is 14.8. The predicted molar refractivity (Wildman–Crippen MR) is 76.4 cm³/mol. The van der Waals surface area contributed by atoms with E-state index in [0.29, 0.717) is 0 Å². The number of nitrogens with zero attached hydrogens (tertiary/aromatic N) is 2. The van der Waals surface area contributed by atoms with Crippen LogP contribution in [-0.2, 0) is 9.53 Å². The number of benzene rings is 1. The fraction of sp³-hybridized carbons (Fsp3) is 0.286. The van der Waals surface area contributed by atoms with E-state index < -0.39 is 10.9 Å². The Bertz CT molecular complexity index is 660. The standard InChI is InChI=1S/C14H14N2O6/c1-4-22-14(17)10(8-15)5-9-6-12(20-2)13(21-3)7-11(9)16(18)19/h5-7H,4H2,1-3H3/b10-5-. The fourth-order valence-electron chi connectivity index (χ4n) is 1.66. The molecule has 0 aliphatic rings. The van der Waals surface area contributed by atoms with E-state index in [1.165, 1.54) is 20.3 Å². The number of nitro benzene ring substituents is 1. The number of hydrogen-bond donors (Lipinski definition) is 0. The molecule has 0 aliphatic carbocycles. The smallest absolute Gasteiger partial charge is 0.348 e. The first-order chi connectivity index (χ1) is 10.5. The van der Waals surface area contributed by atoms with Gasteiger partial charge in [-0.2, -0.15) is 5.26 Å². The number of rotatable bonds is 6. The molecule has 0 bridgehead atoms. The Morgan fingerprint density at radius 3 is 2.41 bits per heavy atom. The van der Waals surface area contributed by atoms with Gasteiger partial charge in [0.2, 0.25) is 0 Å². The number of hydrogen-bond acceptors (Lipinski definition) is 7. The minimum absolute atomic E-state index is 0.0345. The first-order valence-electron chi connectivity index (χ1n) is 6.17. The van der Waals surface area contributed by atoms with Gasteiger partial charge in [-0.05, 0) is 19.1 Å².